The van der Waals surface area contributed by atoms with Crippen LogP contribution >= 0.6 is 11.3 Å². The van der Waals surface area contributed by atoms with Crippen molar-refractivity contribution in [2.24, 2.45) is 5.92 Å². The number of amides is 1. The zero-order valence-corrected chi connectivity index (χ0v) is 17.6. The average Bonchev–Trinajstić information content (AvgIpc) is 3.34. The van der Waals surface area contributed by atoms with Crippen molar-refractivity contribution in [3.05, 3.63) is 53.2 Å². The van der Waals surface area contributed by atoms with Crippen molar-refractivity contribution in [2.75, 3.05) is 24.5 Å². The summed E-state index contributed by atoms with van der Waals surface area (Å²) in [6, 6.07) is 10.9. The number of piperazine rings is 1. The minimum absolute atomic E-state index is 0.173. The highest BCUT2D eigenvalue weighted by Crippen LogP contribution is 2.33. The quantitative estimate of drug-likeness (QED) is 0.641. The van der Waals surface area contributed by atoms with Crippen LogP contribution in [0.4, 0.5) is 5.82 Å². The van der Waals surface area contributed by atoms with Gasteiger partial charge in [0, 0.05) is 31.7 Å². The van der Waals surface area contributed by atoms with E-state index >= 15 is 0 Å². The predicted molar refractivity (Wildman–Crippen MR) is 117 cm³/mol. The van der Waals surface area contributed by atoms with Crippen LogP contribution in [-0.2, 0) is 11.2 Å². The molecule has 0 bridgehead atoms. The first-order valence-corrected chi connectivity index (χ1v) is 11.4. The van der Waals surface area contributed by atoms with Gasteiger partial charge in [-0.1, -0.05) is 18.2 Å². The average molecular weight is 407 g/mol. The first-order chi connectivity index (χ1) is 14.2. The van der Waals surface area contributed by atoms with E-state index in [9.17, 15) is 4.79 Å². The number of rotatable bonds is 5. The Morgan fingerprint density at radius 3 is 2.97 bits per heavy atom. The highest BCUT2D eigenvalue weighted by atomic mass is 32.1. The summed E-state index contributed by atoms with van der Waals surface area (Å²) in [5, 5.41) is 0. The summed E-state index contributed by atoms with van der Waals surface area (Å²) in [5.74, 6) is 1.57. The molecule has 2 unspecified atom stereocenters. The van der Waals surface area contributed by atoms with Crippen LogP contribution in [0.1, 0.15) is 30.4 Å². The van der Waals surface area contributed by atoms with E-state index in [2.05, 4.69) is 57.0 Å². The number of carbonyl (C=O) groups excluding carboxylic acids is 1. The molecule has 2 aromatic heterocycles. The Morgan fingerprint density at radius 1 is 1.17 bits per heavy atom. The van der Waals surface area contributed by atoms with Crippen LogP contribution in [0.15, 0.2) is 42.0 Å². The van der Waals surface area contributed by atoms with Crippen molar-refractivity contribution in [1.29, 1.82) is 0 Å². The molecule has 4 heterocycles. The zero-order valence-electron chi connectivity index (χ0n) is 16.8. The molecular weight excluding hydrogens is 380 g/mol. The molecule has 2 aliphatic rings. The summed E-state index contributed by atoms with van der Waals surface area (Å²) in [5.41, 5.74) is 5.55. The number of carbonyl (C=O) groups is 1. The van der Waals surface area contributed by atoms with Gasteiger partial charge in [-0.2, -0.15) is 0 Å². The van der Waals surface area contributed by atoms with E-state index in [1.807, 2.05) is 11.7 Å². The van der Waals surface area contributed by atoms with Crippen molar-refractivity contribution in [3.8, 4) is 0 Å². The number of aromatic nitrogens is 2. The first kappa shape index (κ1) is 18.6. The minimum atomic E-state index is 0.173. The zero-order chi connectivity index (χ0) is 19.8. The Hall–Kier alpha value is -2.47. The van der Waals surface area contributed by atoms with Crippen LogP contribution in [-0.4, -0.2) is 46.5 Å². The highest BCUT2D eigenvalue weighted by Gasteiger charge is 2.42. The number of hydrogen-bond donors (Lipinski definition) is 0. The lowest BCUT2D eigenvalue weighted by Gasteiger charge is -2.38. The SMILES string of the molecule is Cc1ccc(N2CCN3C(=O)C(CCCc4cccc5ncsc45)CC3C2)nc1. The van der Waals surface area contributed by atoms with E-state index < -0.39 is 0 Å². The maximum Gasteiger partial charge on any atom is 0.226 e. The second kappa shape index (κ2) is 7.75. The number of fused-ring (bicyclic) bond motifs is 2. The maximum atomic E-state index is 12.9. The molecule has 2 atom stereocenters. The predicted octanol–water partition coefficient (Wildman–Crippen LogP) is 4.06. The van der Waals surface area contributed by atoms with Crippen molar-refractivity contribution >= 4 is 33.3 Å². The van der Waals surface area contributed by atoms with E-state index in [-0.39, 0.29) is 5.92 Å². The third-order valence-electron chi connectivity index (χ3n) is 6.33. The molecule has 0 saturated carbocycles. The molecule has 0 N–H and O–H groups in total. The van der Waals surface area contributed by atoms with Crippen molar-refractivity contribution in [2.45, 2.75) is 38.6 Å². The molecule has 0 radical (unpaired) electrons. The lowest BCUT2D eigenvalue weighted by atomic mass is 9.96. The number of benzene rings is 1. The molecule has 1 amide bonds. The van der Waals surface area contributed by atoms with Crippen LogP contribution in [0, 0.1) is 12.8 Å². The molecule has 150 valence electrons. The van der Waals surface area contributed by atoms with Crippen LogP contribution in [0.3, 0.4) is 0 Å². The molecule has 5 rings (SSSR count). The van der Waals surface area contributed by atoms with Gasteiger partial charge >= 0.3 is 0 Å². The molecule has 0 aliphatic carbocycles. The Kier molecular flexibility index (Phi) is 4.96. The summed E-state index contributed by atoms with van der Waals surface area (Å²) in [7, 11) is 0. The van der Waals surface area contributed by atoms with Crippen LogP contribution in [0.5, 0.6) is 0 Å². The molecule has 3 aromatic rings. The van der Waals surface area contributed by atoms with Crippen LogP contribution < -0.4 is 4.90 Å². The Morgan fingerprint density at radius 2 is 2.10 bits per heavy atom. The Labute approximate surface area is 175 Å². The molecule has 5 nitrogen and oxygen atoms in total. The van der Waals surface area contributed by atoms with Gasteiger partial charge in [0.25, 0.3) is 0 Å². The largest absolute Gasteiger partial charge is 0.353 e. The van der Waals surface area contributed by atoms with E-state index in [0.717, 1.165) is 56.7 Å². The lowest BCUT2D eigenvalue weighted by Crippen LogP contribution is -2.51. The van der Waals surface area contributed by atoms with Gasteiger partial charge in [0.1, 0.15) is 5.82 Å². The van der Waals surface area contributed by atoms with Gasteiger partial charge in [0.05, 0.1) is 21.8 Å². The third-order valence-corrected chi connectivity index (χ3v) is 7.25. The van der Waals surface area contributed by atoms with E-state index in [1.165, 1.54) is 15.8 Å². The van der Waals surface area contributed by atoms with E-state index in [1.54, 1.807) is 11.3 Å². The summed E-state index contributed by atoms with van der Waals surface area (Å²) in [4.78, 5) is 26.4. The fraction of sp³-hybridized carbons (Fsp3) is 0.435. The second-order valence-electron chi connectivity index (χ2n) is 8.27. The standard InChI is InChI=1S/C23H26N4OS/c1-16-8-9-21(24-13-16)26-10-11-27-19(14-26)12-18(23(27)28)6-2-4-17-5-3-7-20-22(17)29-15-25-20/h3,5,7-9,13,15,18-19H,2,4,6,10-12,14H2,1H3. The number of pyridine rings is 1. The normalized spacial score (nSPS) is 21.8. The summed E-state index contributed by atoms with van der Waals surface area (Å²) < 4.78 is 1.30. The van der Waals surface area contributed by atoms with Gasteiger partial charge in [0.2, 0.25) is 5.91 Å². The van der Waals surface area contributed by atoms with Crippen molar-refractivity contribution in [3.63, 3.8) is 0 Å². The molecule has 2 aliphatic heterocycles. The Bertz CT molecular complexity index is 1020. The monoisotopic (exact) mass is 406 g/mol. The molecule has 6 heteroatoms. The smallest absolute Gasteiger partial charge is 0.226 e. The van der Waals surface area contributed by atoms with Gasteiger partial charge < -0.3 is 9.80 Å². The number of thiazole rings is 1. The summed E-state index contributed by atoms with van der Waals surface area (Å²) >= 11 is 1.71. The molecule has 0 spiro atoms. The van der Waals surface area contributed by atoms with E-state index in [0.29, 0.717) is 11.9 Å². The van der Waals surface area contributed by atoms with Crippen molar-refractivity contribution in [1.82, 2.24) is 14.9 Å². The minimum Gasteiger partial charge on any atom is -0.353 e. The van der Waals surface area contributed by atoms with E-state index in [4.69, 9.17) is 0 Å². The van der Waals surface area contributed by atoms with Crippen molar-refractivity contribution < 1.29 is 4.79 Å². The topological polar surface area (TPSA) is 49.3 Å². The number of hydrogen-bond acceptors (Lipinski definition) is 5. The van der Waals surface area contributed by atoms with Gasteiger partial charge in [-0.3, -0.25) is 4.79 Å². The molecule has 2 fully saturated rings. The van der Waals surface area contributed by atoms with Gasteiger partial charge in [-0.15, -0.1) is 11.3 Å². The summed E-state index contributed by atoms with van der Waals surface area (Å²) in [6.45, 7) is 4.65. The molecule has 29 heavy (non-hydrogen) atoms. The fourth-order valence-corrected chi connectivity index (χ4v) is 5.62. The van der Waals surface area contributed by atoms with Gasteiger partial charge in [0.15, 0.2) is 0 Å². The first-order valence-electron chi connectivity index (χ1n) is 10.5. The number of nitrogens with zero attached hydrogens (tertiary/aromatic N) is 4. The van der Waals surface area contributed by atoms with Crippen LogP contribution in [0.25, 0.3) is 10.2 Å². The van der Waals surface area contributed by atoms with Crippen LogP contribution in [0.2, 0.25) is 0 Å². The number of anilines is 1. The molecule has 1 aromatic carbocycles. The molecule has 2 saturated heterocycles. The number of aryl methyl sites for hydroxylation is 2. The van der Waals surface area contributed by atoms with Gasteiger partial charge in [-0.25, -0.2) is 9.97 Å². The highest BCUT2D eigenvalue weighted by molar-refractivity contribution is 7.16. The summed E-state index contributed by atoms with van der Waals surface area (Å²) in [6.07, 6.45) is 5.95. The fourth-order valence-electron chi connectivity index (χ4n) is 4.79. The van der Waals surface area contributed by atoms with Gasteiger partial charge in [-0.05, 0) is 55.9 Å². The Balaban J connectivity index is 1.19. The second-order valence-corrected chi connectivity index (χ2v) is 9.12. The molecular formula is C23H26N4OS. The lowest BCUT2D eigenvalue weighted by molar-refractivity contribution is -0.132. The third kappa shape index (κ3) is 3.62. The maximum absolute atomic E-state index is 12.9.